The van der Waals surface area contributed by atoms with E-state index in [1.54, 1.807) is 17.5 Å². The third-order valence-corrected chi connectivity index (χ3v) is 5.22. The fourth-order valence-corrected chi connectivity index (χ4v) is 3.60. The van der Waals surface area contributed by atoms with E-state index in [1.165, 1.54) is 0 Å². The number of aryl methyl sites for hydroxylation is 1. The Morgan fingerprint density at radius 3 is 2.73 bits per heavy atom. The van der Waals surface area contributed by atoms with Gasteiger partial charge in [-0.25, -0.2) is 4.98 Å². The Morgan fingerprint density at radius 2 is 2.00 bits per heavy atom. The number of aromatic nitrogens is 3. The lowest BCUT2D eigenvalue weighted by atomic mass is 10.2. The van der Waals surface area contributed by atoms with Crippen molar-refractivity contribution in [3.63, 3.8) is 0 Å². The minimum absolute atomic E-state index is 0.126. The number of hydrogen-bond acceptors (Lipinski definition) is 7. The zero-order chi connectivity index (χ0) is 17.8. The molecule has 134 valence electrons. The number of nitrogens with zero attached hydrogens (tertiary/aromatic N) is 5. The van der Waals surface area contributed by atoms with E-state index >= 15 is 0 Å². The average Bonchev–Trinajstić information content (AvgIpc) is 3.38. The molecule has 4 heterocycles. The highest BCUT2D eigenvalue weighted by Crippen LogP contribution is 2.23. The lowest BCUT2D eigenvalue weighted by Crippen LogP contribution is -2.49. The summed E-state index contributed by atoms with van der Waals surface area (Å²) in [6, 6.07) is 9.77. The molecule has 0 bridgehead atoms. The summed E-state index contributed by atoms with van der Waals surface area (Å²) in [5, 5.41) is 10.1. The van der Waals surface area contributed by atoms with E-state index in [-0.39, 0.29) is 5.91 Å². The lowest BCUT2D eigenvalue weighted by molar-refractivity contribution is -0.131. The van der Waals surface area contributed by atoms with Crippen LogP contribution >= 0.6 is 11.3 Å². The molecule has 0 radical (unpaired) electrons. The summed E-state index contributed by atoms with van der Waals surface area (Å²) in [6.07, 6.45) is 2.65. The van der Waals surface area contributed by atoms with Crippen molar-refractivity contribution in [2.45, 2.75) is 12.8 Å². The Labute approximate surface area is 155 Å². The molecule has 26 heavy (non-hydrogen) atoms. The molecule has 1 saturated heterocycles. The summed E-state index contributed by atoms with van der Waals surface area (Å²) in [7, 11) is 0. The van der Waals surface area contributed by atoms with Crippen molar-refractivity contribution in [2.24, 2.45) is 0 Å². The highest BCUT2D eigenvalue weighted by Gasteiger charge is 2.22. The van der Waals surface area contributed by atoms with Gasteiger partial charge in [0, 0.05) is 45.2 Å². The van der Waals surface area contributed by atoms with Crippen molar-refractivity contribution in [1.29, 1.82) is 0 Å². The summed E-state index contributed by atoms with van der Waals surface area (Å²) in [5.41, 5.74) is 0. The third-order valence-electron chi connectivity index (χ3n) is 4.36. The van der Waals surface area contributed by atoms with Crippen molar-refractivity contribution in [3.05, 3.63) is 47.8 Å². The summed E-state index contributed by atoms with van der Waals surface area (Å²) < 4.78 is 5.64. The first kappa shape index (κ1) is 16.7. The normalized spacial score (nSPS) is 14.6. The van der Waals surface area contributed by atoms with Gasteiger partial charge in [-0.3, -0.25) is 4.79 Å². The molecule has 0 aliphatic carbocycles. The summed E-state index contributed by atoms with van der Waals surface area (Å²) in [6.45, 7) is 3.01. The number of pyridine rings is 1. The predicted molar refractivity (Wildman–Crippen MR) is 99.0 cm³/mol. The quantitative estimate of drug-likeness (QED) is 0.688. The molecule has 0 N–H and O–H groups in total. The van der Waals surface area contributed by atoms with Gasteiger partial charge in [0.1, 0.15) is 5.82 Å². The number of amides is 1. The molecule has 0 atom stereocenters. The molecule has 0 aromatic carbocycles. The van der Waals surface area contributed by atoms with Crippen LogP contribution in [-0.4, -0.2) is 52.2 Å². The highest BCUT2D eigenvalue weighted by molar-refractivity contribution is 7.13. The number of piperazine rings is 1. The summed E-state index contributed by atoms with van der Waals surface area (Å²) >= 11 is 1.55. The molecule has 1 fully saturated rings. The van der Waals surface area contributed by atoms with E-state index in [4.69, 9.17) is 4.42 Å². The molecule has 1 aliphatic rings. The average molecular weight is 369 g/mol. The minimum Gasteiger partial charge on any atom is -0.420 e. The molecule has 0 saturated carbocycles. The molecule has 7 nitrogen and oxygen atoms in total. The van der Waals surface area contributed by atoms with Crippen molar-refractivity contribution < 1.29 is 9.21 Å². The first-order valence-electron chi connectivity index (χ1n) is 8.59. The van der Waals surface area contributed by atoms with E-state index in [2.05, 4.69) is 20.1 Å². The van der Waals surface area contributed by atoms with Crippen LogP contribution in [0.5, 0.6) is 0 Å². The largest absolute Gasteiger partial charge is 0.420 e. The Balaban J connectivity index is 1.27. The lowest BCUT2D eigenvalue weighted by Gasteiger charge is -2.35. The van der Waals surface area contributed by atoms with Crippen LogP contribution < -0.4 is 4.90 Å². The molecular formula is C18H19N5O2S. The molecule has 0 unspecified atom stereocenters. The van der Waals surface area contributed by atoms with Gasteiger partial charge in [-0.1, -0.05) is 12.1 Å². The van der Waals surface area contributed by atoms with Gasteiger partial charge in [0.15, 0.2) is 0 Å². The van der Waals surface area contributed by atoms with Gasteiger partial charge in [-0.2, -0.15) is 0 Å². The van der Waals surface area contributed by atoms with Gasteiger partial charge in [-0.15, -0.1) is 21.5 Å². The van der Waals surface area contributed by atoms with Crippen molar-refractivity contribution in [3.8, 4) is 10.8 Å². The van der Waals surface area contributed by atoms with Crippen molar-refractivity contribution >= 4 is 23.1 Å². The van der Waals surface area contributed by atoms with E-state index < -0.39 is 0 Å². The topological polar surface area (TPSA) is 75.4 Å². The summed E-state index contributed by atoms with van der Waals surface area (Å²) in [5.74, 6) is 2.12. The fourth-order valence-electron chi connectivity index (χ4n) is 2.95. The summed E-state index contributed by atoms with van der Waals surface area (Å²) in [4.78, 5) is 21.9. The first-order chi connectivity index (χ1) is 12.8. The second kappa shape index (κ2) is 7.65. The van der Waals surface area contributed by atoms with Crippen molar-refractivity contribution in [1.82, 2.24) is 20.1 Å². The molecule has 3 aromatic heterocycles. The van der Waals surface area contributed by atoms with Crippen LogP contribution in [0.15, 0.2) is 46.3 Å². The number of rotatable bonds is 5. The van der Waals surface area contributed by atoms with Gasteiger partial charge in [0.25, 0.3) is 5.89 Å². The second-order valence-electron chi connectivity index (χ2n) is 6.03. The fraction of sp³-hybridized carbons (Fsp3) is 0.333. The van der Waals surface area contributed by atoms with Gasteiger partial charge in [-0.05, 0) is 23.6 Å². The standard InChI is InChI=1S/C18H19N5O2S/c24-17(7-6-16-20-21-18(25-16)14-4-3-13-26-14)23-11-9-22(10-12-23)15-5-1-2-8-19-15/h1-5,8,13H,6-7,9-12H2. The van der Waals surface area contributed by atoms with Crippen LogP contribution in [-0.2, 0) is 11.2 Å². The smallest absolute Gasteiger partial charge is 0.257 e. The molecule has 0 spiro atoms. The maximum atomic E-state index is 12.5. The second-order valence-corrected chi connectivity index (χ2v) is 6.98. The molecule has 8 heteroatoms. The molecule has 1 amide bonds. The molecule has 3 aromatic rings. The number of carbonyl (C=O) groups excluding carboxylic acids is 1. The maximum Gasteiger partial charge on any atom is 0.257 e. The minimum atomic E-state index is 0.126. The van der Waals surface area contributed by atoms with E-state index in [9.17, 15) is 4.79 Å². The van der Waals surface area contributed by atoms with Gasteiger partial charge in [0.2, 0.25) is 11.8 Å². The Morgan fingerprint density at radius 1 is 1.12 bits per heavy atom. The monoisotopic (exact) mass is 369 g/mol. The van der Waals surface area contributed by atoms with E-state index in [0.29, 0.717) is 37.7 Å². The number of carbonyl (C=O) groups is 1. The Kier molecular flexibility index (Phi) is 4.92. The molecular weight excluding hydrogens is 350 g/mol. The third kappa shape index (κ3) is 3.75. The maximum absolute atomic E-state index is 12.5. The van der Waals surface area contributed by atoms with Crippen LogP contribution in [0.4, 0.5) is 5.82 Å². The van der Waals surface area contributed by atoms with E-state index in [1.807, 2.05) is 40.6 Å². The van der Waals surface area contributed by atoms with Crippen LogP contribution in [0.3, 0.4) is 0 Å². The predicted octanol–water partition coefficient (Wildman–Crippen LogP) is 2.47. The molecule has 4 rings (SSSR count). The SMILES string of the molecule is O=C(CCc1nnc(-c2cccs2)o1)N1CCN(c2ccccn2)CC1. The number of anilines is 1. The highest BCUT2D eigenvalue weighted by atomic mass is 32.1. The zero-order valence-corrected chi connectivity index (χ0v) is 15.1. The van der Waals surface area contributed by atoms with Crippen LogP contribution in [0, 0.1) is 0 Å². The van der Waals surface area contributed by atoms with Gasteiger partial charge < -0.3 is 14.2 Å². The van der Waals surface area contributed by atoms with Crippen LogP contribution in [0.25, 0.3) is 10.8 Å². The Hall–Kier alpha value is -2.74. The van der Waals surface area contributed by atoms with Crippen LogP contribution in [0.2, 0.25) is 0 Å². The molecule has 1 aliphatic heterocycles. The van der Waals surface area contributed by atoms with Gasteiger partial charge >= 0.3 is 0 Å². The van der Waals surface area contributed by atoms with Crippen molar-refractivity contribution in [2.75, 3.05) is 31.1 Å². The van der Waals surface area contributed by atoms with E-state index in [0.717, 1.165) is 23.8 Å². The van der Waals surface area contributed by atoms with Crippen LogP contribution in [0.1, 0.15) is 12.3 Å². The van der Waals surface area contributed by atoms with Gasteiger partial charge in [0.05, 0.1) is 4.88 Å². The zero-order valence-electron chi connectivity index (χ0n) is 14.2. The number of hydrogen-bond donors (Lipinski definition) is 0. The first-order valence-corrected chi connectivity index (χ1v) is 9.47. The Bertz CT molecular complexity index is 842. The number of thiophene rings is 1.